The molecule has 2 amide bonds. The molecule has 0 spiro atoms. The highest BCUT2D eigenvalue weighted by Crippen LogP contribution is 2.27. The Labute approximate surface area is 152 Å². The number of amides is 2. The number of benzene rings is 2. The number of nitrogens with one attached hydrogen (secondary N) is 1. The highest BCUT2D eigenvalue weighted by molar-refractivity contribution is 5.98. The minimum Gasteiger partial charge on any atom is -0.351 e. The van der Waals surface area contributed by atoms with E-state index in [1.807, 2.05) is 70.5 Å². The molecule has 5 heteroatoms. The second kappa shape index (κ2) is 6.67. The molecule has 1 atom stereocenters. The number of hydrogen-bond acceptors (Lipinski definition) is 2. The van der Waals surface area contributed by atoms with Crippen molar-refractivity contribution in [3.63, 3.8) is 0 Å². The Balaban J connectivity index is 1.61. The summed E-state index contributed by atoms with van der Waals surface area (Å²) in [5, 5.41) is 1.03. The van der Waals surface area contributed by atoms with Crippen LogP contribution in [0.15, 0.2) is 60.7 Å². The van der Waals surface area contributed by atoms with E-state index in [1.54, 1.807) is 6.92 Å². The van der Waals surface area contributed by atoms with Gasteiger partial charge in [-0.15, -0.1) is 0 Å². The Morgan fingerprint density at radius 1 is 1.00 bits per heavy atom. The fourth-order valence-electron chi connectivity index (χ4n) is 3.66. The maximum atomic E-state index is 13.0. The van der Waals surface area contributed by atoms with E-state index < -0.39 is 0 Å². The lowest BCUT2D eigenvalue weighted by atomic mass is 10.0. The lowest BCUT2D eigenvalue weighted by Gasteiger charge is -2.41. The fourth-order valence-corrected chi connectivity index (χ4v) is 3.66. The van der Waals surface area contributed by atoms with Crippen LogP contribution in [0.4, 0.5) is 0 Å². The van der Waals surface area contributed by atoms with Gasteiger partial charge in [-0.1, -0.05) is 48.5 Å². The molecule has 0 unspecified atom stereocenters. The summed E-state index contributed by atoms with van der Waals surface area (Å²) in [7, 11) is 0. The maximum Gasteiger partial charge on any atom is 0.270 e. The number of H-pyrrole nitrogens is 1. The van der Waals surface area contributed by atoms with E-state index in [0.29, 0.717) is 25.3 Å². The minimum atomic E-state index is -0.115. The number of aromatic nitrogens is 1. The Hall–Kier alpha value is -3.08. The molecule has 4 rings (SSSR count). The first-order valence-corrected chi connectivity index (χ1v) is 8.82. The number of aromatic amines is 1. The van der Waals surface area contributed by atoms with E-state index >= 15 is 0 Å². The van der Waals surface area contributed by atoms with Gasteiger partial charge < -0.3 is 14.8 Å². The fraction of sp³-hybridized carbons (Fsp3) is 0.238. The summed E-state index contributed by atoms with van der Waals surface area (Å²) < 4.78 is 0. The summed E-state index contributed by atoms with van der Waals surface area (Å²) in [5.41, 5.74) is 2.60. The average Bonchev–Trinajstić information content (AvgIpc) is 3.11. The zero-order chi connectivity index (χ0) is 18.1. The van der Waals surface area contributed by atoms with Gasteiger partial charge in [0, 0.05) is 37.5 Å². The highest BCUT2D eigenvalue weighted by atomic mass is 16.2. The van der Waals surface area contributed by atoms with E-state index in [4.69, 9.17) is 0 Å². The Morgan fingerprint density at radius 2 is 1.73 bits per heavy atom. The van der Waals surface area contributed by atoms with Crippen LogP contribution in [0.2, 0.25) is 0 Å². The van der Waals surface area contributed by atoms with Gasteiger partial charge in [-0.3, -0.25) is 9.59 Å². The number of carbonyl (C=O) groups is 2. The first-order valence-electron chi connectivity index (χ1n) is 8.82. The number of nitrogens with zero attached hydrogens (tertiary/aromatic N) is 2. The molecule has 26 heavy (non-hydrogen) atoms. The molecule has 0 aliphatic carbocycles. The summed E-state index contributed by atoms with van der Waals surface area (Å²) in [6.45, 7) is 3.17. The number of piperazine rings is 1. The van der Waals surface area contributed by atoms with Gasteiger partial charge in [0.25, 0.3) is 5.91 Å². The topological polar surface area (TPSA) is 56.4 Å². The maximum absolute atomic E-state index is 13.0. The molecule has 1 aliphatic heterocycles. The molecule has 1 fully saturated rings. The zero-order valence-corrected chi connectivity index (χ0v) is 14.7. The molecule has 1 saturated heterocycles. The molecule has 1 N–H and O–H groups in total. The second-order valence-electron chi connectivity index (χ2n) is 6.66. The summed E-state index contributed by atoms with van der Waals surface area (Å²) in [6, 6.07) is 19.6. The van der Waals surface area contributed by atoms with Crippen molar-refractivity contribution in [1.29, 1.82) is 0 Å². The molecule has 1 aromatic heterocycles. The Kier molecular flexibility index (Phi) is 4.21. The third-order valence-corrected chi connectivity index (χ3v) is 5.02. The normalized spacial score (nSPS) is 17.5. The van der Waals surface area contributed by atoms with Gasteiger partial charge in [-0.2, -0.15) is 0 Å². The SMILES string of the molecule is CC(=O)N1CCN(C(=O)c2cc3ccccc3[nH]2)C[C@H]1c1ccccc1. The van der Waals surface area contributed by atoms with Crippen molar-refractivity contribution in [3.8, 4) is 0 Å². The van der Waals surface area contributed by atoms with Gasteiger partial charge >= 0.3 is 0 Å². The lowest BCUT2D eigenvalue weighted by Crippen LogP contribution is -2.51. The van der Waals surface area contributed by atoms with Crippen LogP contribution >= 0.6 is 0 Å². The Bertz CT molecular complexity index is 915. The van der Waals surface area contributed by atoms with Crippen molar-refractivity contribution in [2.75, 3.05) is 19.6 Å². The minimum absolute atomic E-state index is 0.0228. The summed E-state index contributed by atoms with van der Waals surface area (Å²) in [4.78, 5) is 32.0. The van der Waals surface area contributed by atoms with Crippen LogP contribution < -0.4 is 0 Å². The van der Waals surface area contributed by atoms with Crippen LogP contribution in [0, 0.1) is 0 Å². The average molecular weight is 347 g/mol. The number of rotatable bonds is 2. The first-order chi connectivity index (χ1) is 12.6. The van der Waals surface area contributed by atoms with Gasteiger partial charge in [0.05, 0.1) is 6.04 Å². The van der Waals surface area contributed by atoms with Crippen LogP contribution in [0.3, 0.4) is 0 Å². The molecule has 2 aromatic carbocycles. The summed E-state index contributed by atoms with van der Waals surface area (Å²) in [5.74, 6) is 0.0156. The van der Waals surface area contributed by atoms with E-state index in [0.717, 1.165) is 16.5 Å². The van der Waals surface area contributed by atoms with Crippen molar-refractivity contribution < 1.29 is 9.59 Å². The number of fused-ring (bicyclic) bond motifs is 1. The van der Waals surface area contributed by atoms with Crippen LogP contribution in [-0.2, 0) is 4.79 Å². The monoisotopic (exact) mass is 347 g/mol. The zero-order valence-electron chi connectivity index (χ0n) is 14.7. The van der Waals surface area contributed by atoms with Crippen molar-refractivity contribution in [2.45, 2.75) is 13.0 Å². The number of carbonyl (C=O) groups excluding carboxylic acids is 2. The molecular formula is C21H21N3O2. The summed E-state index contributed by atoms with van der Waals surface area (Å²) in [6.07, 6.45) is 0. The predicted octanol–water partition coefficient (Wildman–Crippen LogP) is 3.21. The second-order valence-corrected chi connectivity index (χ2v) is 6.66. The van der Waals surface area contributed by atoms with Gasteiger partial charge in [0.1, 0.15) is 5.69 Å². The molecule has 2 heterocycles. The van der Waals surface area contributed by atoms with Gasteiger partial charge in [0.2, 0.25) is 5.91 Å². The highest BCUT2D eigenvalue weighted by Gasteiger charge is 2.32. The van der Waals surface area contributed by atoms with Crippen molar-refractivity contribution in [2.24, 2.45) is 0 Å². The van der Waals surface area contributed by atoms with Gasteiger partial charge in [-0.25, -0.2) is 0 Å². The Morgan fingerprint density at radius 3 is 2.46 bits per heavy atom. The first kappa shape index (κ1) is 16.4. The van der Waals surface area contributed by atoms with Gasteiger partial charge in [-0.05, 0) is 17.7 Å². The summed E-state index contributed by atoms with van der Waals surface area (Å²) >= 11 is 0. The van der Waals surface area contributed by atoms with E-state index in [-0.39, 0.29) is 17.9 Å². The number of hydrogen-bond donors (Lipinski definition) is 1. The predicted molar refractivity (Wildman–Crippen MR) is 101 cm³/mol. The third kappa shape index (κ3) is 2.96. The molecule has 0 saturated carbocycles. The molecule has 5 nitrogen and oxygen atoms in total. The van der Waals surface area contributed by atoms with E-state index in [1.165, 1.54) is 0 Å². The smallest absolute Gasteiger partial charge is 0.270 e. The standard InChI is InChI=1S/C21H21N3O2/c1-15(25)24-12-11-23(14-20(24)16-7-3-2-4-8-16)21(26)19-13-17-9-5-6-10-18(17)22-19/h2-10,13,20,22H,11-12,14H2,1H3/t20-/m0/s1. The lowest BCUT2D eigenvalue weighted by molar-refractivity contribution is -0.133. The molecular weight excluding hydrogens is 326 g/mol. The van der Waals surface area contributed by atoms with E-state index in [2.05, 4.69) is 4.98 Å². The molecule has 0 radical (unpaired) electrons. The quantitative estimate of drug-likeness (QED) is 0.774. The molecule has 3 aromatic rings. The molecule has 132 valence electrons. The van der Waals surface area contributed by atoms with Crippen LogP contribution in [0.5, 0.6) is 0 Å². The molecule has 1 aliphatic rings. The molecule has 0 bridgehead atoms. The largest absolute Gasteiger partial charge is 0.351 e. The van der Waals surface area contributed by atoms with Crippen LogP contribution in [0.1, 0.15) is 29.0 Å². The van der Waals surface area contributed by atoms with Crippen LogP contribution in [0.25, 0.3) is 10.9 Å². The van der Waals surface area contributed by atoms with E-state index in [9.17, 15) is 9.59 Å². The third-order valence-electron chi connectivity index (χ3n) is 5.02. The van der Waals surface area contributed by atoms with Crippen molar-refractivity contribution >= 4 is 22.7 Å². The number of para-hydroxylation sites is 1. The van der Waals surface area contributed by atoms with Crippen LogP contribution in [-0.4, -0.2) is 46.2 Å². The van der Waals surface area contributed by atoms with Crippen molar-refractivity contribution in [3.05, 3.63) is 71.9 Å². The van der Waals surface area contributed by atoms with Gasteiger partial charge in [0.15, 0.2) is 0 Å². The van der Waals surface area contributed by atoms with Crippen molar-refractivity contribution in [1.82, 2.24) is 14.8 Å².